The second-order valence-electron chi connectivity index (χ2n) is 18.5. The Kier molecular flexibility index (Phi) is 23.0. The number of aliphatic hydroxyl groups excluding tert-OH is 3. The van der Waals surface area contributed by atoms with Crippen molar-refractivity contribution in [3.8, 4) is 0 Å². The Labute approximate surface area is 410 Å². The van der Waals surface area contributed by atoms with Crippen LogP contribution in [0.4, 0.5) is 0 Å². The molecule has 0 unspecified atom stereocenters. The average molecular weight is 1040 g/mol. The zero-order valence-electron chi connectivity index (χ0n) is 40.4. The van der Waals surface area contributed by atoms with Gasteiger partial charge < -0.3 is 59.9 Å². The number of hydrogen-bond donors (Lipinski definition) is 8. The number of carboxylic acids is 2. The number of nitrogens with one attached hydrogen (secondary N) is 1. The number of amides is 1. The summed E-state index contributed by atoms with van der Waals surface area (Å²) in [7, 11) is -3.06. The van der Waals surface area contributed by atoms with Crippen LogP contribution in [0.15, 0.2) is 21.9 Å². The van der Waals surface area contributed by atoms with Crippen LogP contribution in [0.3, 0.4) is 0 Å². The molecule has 404 valence electrons. The van der Waals surface area contributed by atoms with Crippen molar-refractivity contribution in [1.82, 2.24) is 19.4 Å². The molecular weight excluding hydrogens is 967 g/mol. The van der Waals surface area contributed by atoms with Gasteiger partial charge in [0.15, 0.2) is 24.7 Å². The first-order valence-corrected chi connectivity index (χ1v) is 25.3. The number of carboxylic acid groups (broad SMARTS) is 2. The molecule has 0 bridgehead atoms. The number of ether oxygens (including phenoxy) is 5. The van der Waals surface area contributed by atoms with Gasteiger partial charge in [-0.1, -0.05) is 78.1 Å². The molecule has 71 heavy (non-hydrogen) atoms. The molecule has 27 heteroatoms. The first-order valence-electron chi connectivity index (χ1n) is 24.0. The van der Waals surface area contributed by atoms with E-state index in [4.69, 9.17) is 29.4 Å². The molecule has 1 aromatic heterocycles. The predicted molar refractivity (Wildman–Crippen MR) is 244 cm³/mol. The molecule has 0 aromatic carbocycles. The van der Waals surface area contributed by atoms with Crippen LogP contribution in [0.1, 0.15) is 116 Å². The molecule has 26 nitrogen and oxygen atoms in total. The molecule has 14 atom stereocenters. The van der Waals surface area contributed by atoms with Crippen molar-refractivity contribution in [2.75, 3.05) is 27.2 Å². The van der Waals surface area contributed by atoms with Crippen LogP contribution in [0.5, 0.6) is 0 Å². The smallest absolute Gasteiger partial charge is 0.397 e. The standard InChI is InChI=1S/C44H71N5O21S/c1-5-6-7-8-9-10-11-12-13-14-15-16-25(65-30(53)20-24(2)19-29(51)52)21-31(54)66-27-23-47(3)33(40(58)48(4)32(27)42(59)60)37(69-43-39(70-71(62,63)64)34(55)26(22-45)67-43)38-35(56)36(57)41(68-38)49-18-17-28(50)46-44(49)61/h17-18,24-27,32-39,41,43,55-57H,5-16,19-23,45H2,1-4H3,(H,51,52)(H,59,60)(H,46,50,61)(H,62,63,64)/t24-,25-,26+,27+,32-,33-,34-,35+,36-,37+,38-,39+,41+,43-/m1/s1. The summed E-state index contributed by atoms with van der Waals surface area (Å²) in [6.45, 7) is 2.64. The molecule has 1 aromatic rings. The lowest BCUT2D eigenvalue weighted by molar-refractivity contribution is -0.230. The van der Waals surface area contributed by atoms with Gasteiger partial charge in [0, 0.05) is 45.2 Å². The van der Waals surface area contributed by atoms with Crippen molar-refractivity contribution in [3.63, 3.8) is 0 Å². The highest BCUT2D eigenvalue weighted by molar-refractivity contribution is 7.80. The van der Waals surface area contributed by atoms with Gasteiger partial charge in [0.05, 0.1) is 6.42 Å². The molecule has 1 amide bonds. The van der Waals surface area contributed by atoms with Crippen LogP contribution >= 0.6 is 0 Å². The maximum atomic E-state index is 14.7. The van der Waals surface area contributed by atoms with E-state index >= 15 is 0 Å². The van der Waals surface area contributed by atoms with E-state index < -0.39 is 156 Å². The number of carbonyl (C=O) groups is 5. The highest BCUT2D eigenvalue weighted by Gasteiger charge is 2.58. The summed E-state index contributed by atoms with van der Waals surface area (Å²) in [5, 5.41) is 53.4. The van der Waals surface area contributed by atoms with Gasteiger partial charge in [-0.2, -0.15) is 8.42 Å². The third-order valence-corrected chi connectivity index (χ3v) is 13.3. The number of nitrogens with zero attached hydrogens (tertiary/aromatic N) is 3. The molecular formula is C44H71N5O21S. The number of rotatable bonds is 29. The maximum absolute atomic E-state index is 14.7. The van der Waals surface area contributed by atoms with E-state index in [9.17, 15) is 72.1 Å². The zero-order valence-corrected chi connectivity index (χ0v) is 41.2. The predicted octanol–water partition coefficient (Wildman–Crippen LogP) is -0.585. The van der Waals surface area contributed by atoms with E-state index in [1.54, 1.807) is 6.92 Å². The molecule has 0 radical (unpaired) electrons. The lowest BCUT2D eigenvalue weighted by atomic mass is 9.97. The van der Waals surface area contributed by atoms with Gasteiger partial charge >= 0.3 is 40.0 Å². The summed E-state index contributed by atoms with van der Waals surface area (Å²) in [4.78, 5) is 94.3. The summed E-state index contributed by atoms with van der Waals surface area (Å²) in [5.41, 5.74) is 3.80. The van der Waals surface area contributed by atoms with Gasteiger partial charge in [-0.05, 0) is 25.8 Å². The minimum Gasteiger partial charge on any atom is -0.481 e. The Morgan fingerprint density at radius 1 is 0.873 bits per heavy atom. The van der Waals surface area contributed by atoms with Gasteiger partial charge in [0.25, 0.3) is 5.56 Å². The molecule has 9 N–H and O–H groups in total. The van der Waals surface area contributed by atoms with Crippen molar-refractivity contribution in [3.05, 3.63) is 33.1 Å². The monoisotopic (exact) mass is 1040 g/mol. The van der Waals surface area contributed by atoms with E-state index in [1.807, 2.05) is 4.98 Å². The number of aromatic amines is 1. The van der Waals surface area contributed by atoms with Gasteiger partial charge in [-0.15, -0.1) is 0 Å². The number of unbranched alkanes of at least 4 members (excludes halogenated alkanes) is 10. The third kappa shape index (κ3) is 17.1. The van der Waals surface area contributed by atoms with Gasteiger partial charge in [-0.25, -0.2) is 13.8 Å². The number of likely N-dealkylation sites (N-methyl/N-ethyl adjacent to an activating group) is 2. The van der Waals surface area contributed by atoms with Gasteiger partial charge in [0.2, 0.25) is 5.91 Å². The number of nitrogens with two attached hydrogens (primary N) is 1. The minimum atomic E-state index is -5.37. The Balaban J connectivity index is 1.62. The highest BCUT2D eigenvalue weighted by atomic mass is 32.3. The summed E-state index contributed by atoms with van der Waals surface area (Å²) >= 11 is 0. The molecule has 4 heterocycles. The average Bonchev–Trinajstić information content (AvgIpc) is 3.69. The molecule has 0 aliphatic carbocycles. The molecule has 3 aliphatic heterocycles. The van der Waals surface area contributed by atoms with Crippen molar-refractivity contribution in [1.29, 1.82) is 0 Å². The Hall–Kier alpha value is -4.42. The van der Waals surface area contributed by atoms with Crippen molar-refractivity contribution < 1.29 is 90.3 Å². The highest BCUT2D eigenvalue weighted by Crippen LogP contribution is 2.37. The van der Waals surface area contributed by atoms with E-state index in [2.05, 4.69) is 11.1 Å². The van der Waals surface area contributed by atoms with Gasteiger partial charge in [-0.3, -0.25) is 43.0 Å². The maximum Gasteiger partial charge on any atom is 0.397 e. The van der Waals surface area contributed by atoms with E-state index in [-0.39, 0.29) is 19.3 Å². The minimum absolute atomic E-state index is 0.213. The second kappa shape index (κ2) is 27.6. The summed E-state index contributed by atoms with van der Waals surface area (Å²) in [6, 6.07) is -2.88. The lowest BCUT2D eigenvalue weighted by Gasteiger charge is -2.38. The second-order valence-corrected chi connectivity index (χ2v) is 19.6. The molecule has 0 spiro atoms. The fourth-order valence-electron chi connectivity index (χ4n) is 9.18. The number of hydrogen-bond acceptors (Lipinski definition) is 20. The third-order valence-electron chi connectivity index (χ3n) is 12.8. The molecule has 3 aliphatic rings. The first kappa shape index (κ1) is 59.1. The van der Waals surface area contributed by atoms with Crippen LogP contribution < -0.4 is 17.0 Å². The Morgan fingerprint density at radius 2 is 1.49 bits per heavy atom. The van der Waals surface area contributed by atoms with Crippen LogP contribution in [0.2, 0.25) is 0 Å². The first-order chi connectivity index (χ1) is 33.5. The molecule has 3 fully saturated rings. The number of aromatic nitrogens is 2. The normalized spacial score (nSPS) is 28.5. The summed E-state index contributed by atoms with van der Waals surface area (Å²) in [6.07, 6.45) is -8.76. The van der Waals surface area contributed by atoms with Crippen LogP contribution in [0.25, 0.3) is 0 Å². The molecule has 0 saturated carbocycles. The van der Waals surface area contributed by atoms with E-state index in [0.717, 1.165) is 62.7 Å². The quantitative estimate of drug-likeness (QED) is 0.0282. The number of carbonyl (C=O) groups excluding carboxylic acids is 3. The fourth-order valence-corrected chi connectivity index (χ4v) is 9.67. The molecule has 4 rings (SSSR count). The fraction of sp³-hybridized carbons (Fsp3) is 0.795. The van der Waals surface area contributed by atoms with Gasteiger partial charge in [0.1, 0.15) is 54.9 Å². The summed E-state index contributed by atoms with van der Waals surface area (Å²) < 4.78 is 68.1. The van der Waals surface area contributed by atoms with Crippen molar-refractivity contribution >= 4 is 40.2 Å². The number of aliphatic carboxylic acids is 2. The van der Waals surface area contributed by atoms with Crippen LogP contribution in [-0.4, -0.2) is 188 Å². The van der Waals surface area contributed by atoms with Crippen molar-refractivity contribution in [2.24, 2.45) is 11.7 Å². The lowest BCUT2D eigenvalue weighted by Crippen LogP contribution is -2.60. The largest absolute Gasteiger partial charge is 0.481 e. The Morgan fingerprint density at radius 3 is 2.06 bits per heavy atom. The SMILES string of the molecule is CCCCCCCCCCCCC[C@H](CC(=O)O[C@H]1CN(C)[C@H]([C@H](O[C@H]2O[C@@H](CN)[C@@H](O)[C@@H]2OS(=O)(=O)O)[C@@H]2O[C@H](n3ccc(=O)[nH]c3=O)[C@H](O)[C@@H]2O)C(=O)N(C)[C@H]1C(=O)O)OC(=O)C[C@H](C)CC(=O)O. The Bertz CT molecular complexity index is 2160. The van der Waals surface area contributed by atoms with Crippen LogP contribution in [-0.2, 0) is 62.2 Å². The topological polar surface area (TPSA) is 384 Å². The van der Waals surface area contributed by atoms with Crippen LogP contribution in [0, 0.1) is 5.92 Å². The number of H-pyrrole nitrogens is 1. The van der Waals surface area contributed by atoms with E-state index in [1.165, 1.54) is 32.7 Å². The summed E-state index contributed by atoms with van der Waals surface area (Å²) in [5.74, 6) is -6.26. The zero-order chi connectivity index (χ0) is 52.7. The molecule has 3 saturated heterocycles. The number of aliphatic hydroxyl groups is 3. The number of esters is 2. The van der Waals surface area contributed by atoms with Crippen molar-refractivity contribution in [2.45, 2.75) is 190 Å². The van der Waals surface area contributed by atoms with E-state index in [0.29, 0.717) is 15.9 Å².